The van der Waals surface area contributed by atoms with E-state index in [9.17, 15) is 13.2 Å². The standard InChI is InChI=1S/C31H38N4O4S/c1-32-18-20-34(21-19-32)28-11-7-10-26-16-17-35(31(39-3)30(26)28)29(36)22-24-12-14-27(15-13-24)40(37,38)33(2)23-25-8-5-4-6-9-25/h4-15,31H,16-23H2,1-3H3/t31-/m0/s1. The first-order valence-electron chi connectivity index (χ1n) is 13.7. The summed E-state index contributed by atoms with van der Waals surface area (Å²) >= 11 is 0. The van der Waals surface area contributed by atoms with E-state index >= 15 is 0 Å². The van der Waals surface area contributed by atoms with Gasteiger partial charge in [0.1, 0.15) is 0 Å². The van der Waals surface area contributed by atoms with Crippen molar-refractivity contribution < 1.29 is 17.9 Å². The van der Waals surface area contributed by atoms with Gasteiger partial charge in [0.25, 0.3) is 0 Å². The summed E-state index contributed by atoms with van der Waals surface area (Å²) in [6.45, 7) is 4.73. The number of piperazine rings is 1. The van der Waals surface area contributed by atoms with Crippen LogP contribution in [0.5, 0.6) is 0 Å². The maximum atomic E-state index is 13.6. The molecule has 0 radical (unpaired) electrons. The summed E-state index contributed by atoms with van der Waals surface area (Å²) in [6, 6.07) is 22.5. The molecule has 0 aliphatic carbocycles. The highest BCUT2D eigenvalue weighted by Gasteiger charge is 2.34. The fourth-order valence-corrected chi connectivity index (χ4v) is 6.76. The molecular weight excluding hydrogens is 524 g/mol. The van der Waals surface area contributed by atoms with Gasteiger partial charge in [0.2, 0.25) is 15.9 Å². The molecule has 2 aliphatic heterocycles. The van der Waals surface area contributed by atoms with Crippen LogP contribution in [0, 0.1) is 0 Å². The Morgan fingerprint density at radius 3 is 2.27 bits per heavy atom. The quantitative estimate of drug-likeness (QED) is 0.418. The number of carbonyl (C=O) groups is 1. The maximum absolute atomic E-state index is 13.6. The number of anilines is 1. The van der Waals surface area contributed by atoms with E-state index in [1.807, 2.05) is 35.2 Å². The number of nitrogens with zero attached hydrogens (tertiary/aromatic N) is 4. The lowest BCUT2D eigenvalue weighted by molar-refractivity contribution is -0.145. The molecule has 3 aromatic rings. The van der Waals surface area contributed by atoms with Gasteiger partial charge in [-0.3, -0.25) is 4.79 Å². The van der Waals surface area contributed by atoms with Crippen molar-refractivity contribution >= 4 is 21.6 Å². The van der Waals surface area contributed by atoms with Crippen LogP contribution in [0.2, 0.25) is 0 Å². The fourth-order valence-electron chi connectivity index (χ4n) is 5.60. The molecule has 1 amide bonds. The normalized spacial score (nSPS) is 18.1. The first-order valence-corrected chi connectivity index (χ1v) is 15.2. The average Bonchev–Trinajstić information content (AvgIpc) is 2.97. The molecule has 0 aromatic heterocycles. The average molecular weight is 563 g/mol. The Bertz CT molecular complexity index is 1420. The van der Waals surface area contributed by atoms with Gasteiger partial charge in [0, 0.05) is 64.7 Å². The smallest absolute Gasteiger partial charge is 0.243 e. The highest BCUT2D eigenvalue weighted by molar-refractivity contribution is 7.89. The van der Waals surface area contributed by atoms with Crippen molar-refractivity contribution in [3.63, 3.8) is 0 Å². The van der Waals surface area contributed by atoms with Gasteiger partial charge in [-0.1, -0.05) is 54.6 Å². The molecule has 1 atom stereocenters. The topological polar surface area (TPSA) is 73.4 Å². The van der Waals surface area contributed by atoms with Gasteiger partial charge < -0.3 is 19.4 Å². The number of rotatable bonds is 8. The summed E-state index contributed by atoms with van der Waals surface area (Å²) in [7, 11) is 1.72. The first-order chi connectivity index (χ1) is 19.3. The molecule has 2 heterocycles. The van der Waals surface area contributed by atoms with E-state index in [0.717, 1.165) is 55.0 Å². The molecule has 0 unspecified atom stereocenters. The number of amides is 1. The minimum Gasteiger partial charge on any atom is -0.369 e. The predicted molar refractivity (Wildman–Crippen MR) is 157 cm³/mol. The third kappa shape index (κ3) is 5.93. The number of hydrogen-bond acceptors (Lipinski definition) is 6. The van der Waals surface area contributed by atoms with Gasteiger partial charge >= 0.3 is 0 Å². The molecule has 8 nitrogen and oxygen atoms in total. The van der Waals surface area contributed by atoms with Gasteiger partial charge in [0.05, 0.1) is 11.3 Å². The van der Waals surface area contributed by atoms with Crippen LogP contribution in [0.1, 0.15) is 28.5 Å². The lowest BCUT2D eigenvalue weighted by atomic mass is 9.94. The maximum Gasteiger partial charge on any atom is 0.243 e. The second-order valence-electron chi connectivity index (χ2n) is 10.6. The fraction of sp³-hybridized carbons (Fsp3) is 0.387. The molecule has 0 bridgehead atoms. The van der Waals surface area contributed by atoms with Gasteiger partial charge in [-0.15, -0.1) is 0 Å². The van der Waals surface area contributed by atoms with Gasteiger partial charge in [-0.2, -0.15) is 4.31 Å². The van der Waals surface area contributed by atoms with E-state index in [1.165, 1.54) is 9.87 Å². The van der Waals surface area contributed by atoms with Crippen molar-refractivity contribution in [3.05, 3.63) is 95.1 Å². The van der Waals surface area contributed by atoms with Crippen molar-refractivity contribution in [2.75, 3.05) is 58.8 Å². The Morgan fingerprint density at radius 1 is 0.900 bits per heavy atom. The van der Waals surface area contributed by atoms with Crippen LogP contribution in [0.25, 0.3) is 0 Å². The summed E-state index contributed by atoms with van der Waals surface area (Å²) in [4.78, 5) is 20.3. The minimum absolute atomic E-state index is 0.0394. The molecule has 2 aliphatic rings. The second kappa shape index (κ2) is 12.1. The first kappa shape index (κ1) is 28.3. The number of sulfonamides is 1. The lowest BCUT2D eigenvalue weighted by Crippen LogP contribution is -2.46. The number of carbonyl (C=O) groups excluding carboxylic acids is 1. The van der Waals surface area contributed by atoms with Gasteiger partial charge in [-0.25, -0.2) is 8.42 Å². The number of fused-ring (bicyclic) bond motifs is 1. The molecule has 5 rings (SSSR count). The lowest BCUT2D eigenvalue weighted by Gasteiger charge is -2.41. The number of benzene rings is 3. The van der Waals surface area contributed by atoms with Crippen LogP contribution in [0.3, 0.4) is 0 Å². The number of likely N-dealkylation sites (N-methyl/N-ethyl adjacent to an activating group) is 1. The molecule has 0 N–H and O–H groups in total. The SMILES string of the molecule is CO[C@H]1c2c(cccc2N2CCN(C)CC2)CCN1C(=O)Cc1ccc(S(=O)(=O)N(C)Cc2ccccc2)cc1. The van der Waals surface area contributed by atoms with Crippen LogP contribution < -0.4 is 4.90 Å². The second-order valence-corrected chi connectivity index (χ2v) is 12.7. The van der Waals surface area contributed by atoms with Crippen molar-refractivity contribution in [1.82, 2.24) is 14.1 Å². The molecule has 1 saturated heterocycles. The highest BCUT2D eigenvalue weighted by atomic mass is 32.2. The Kier molecular flexibility index (Phi) is 8.56. The number of ether oxygens (including phenoxy) is 1. The summed E-state index contributed by atoms with van der Waals surface area (Å²) in [6.07, 6.45) is 0.484. The number of hydrogen-bond donors (Lipinski definition) is 0. The zero-order valence-corrected chi connectivity index (χ0v) is 24.3. The Morgan fingerprint density at radius 2 is 1.60 bits per heavy atom. The van der Waals surface area contributed by atoms with E-state index in [4.69, 9.17) is 4.74 Å². The van der Waals surface area contributed by atoms with Crippen molar-refractivity contribution in [2.45, 2.75) is 30.5 Å². The summed E-state index contributed by atoms with van der Waals surface area (Å²) in [5, 5.41) is 0. The van der Waals surface area contributed by atoms with Crippen LogP contribution in [-0.2, 0) is 38.9 Å². The zero-order valence-electron chi connectivity index (χ0n) is 23.5. The van der Waals surface area contributed by atoms with E-state index in [-0.39, 0.29) is 23.8 Å². The third-order valence-corrected chi connectivity index (χ3v) is 9.77. The van der Waals surface area contributed by atoms with Crippen molar-refractivity contribution in [2.24, 2.45) is 0 Å². The van der Waals surface area contributed by atoms with Gasteiger partial charge in [0.15, 0.2) is 6.23 Å². The van der Waals surface area contributed by atoms with E-state index in [1.54, 1.807) is 38.4 Å². The van der Waals surface area contributed by atoms with Gasteiger partial charge in [-0.05, 0) is 48.4 Å². The Hall–Kier alpha value is -3.24. The van der Waals surface area contributed by atoms with Crippen LogP contribution in [-0.4, -0.2) is 82.4 Å². The molecule has 40 heavy (non-hydrogen) atoms. The molecule has 0 saturated carbocycles. The van der Waals surface area contributed by atoms with E-state index in [0.29, 0.717) is 6.54 Å². The number of methoxy groups -OCH3 is 1. The van der Waals surface area contributed by atoms with Crippen LogP contribution in [0.15, 0.2) is 77.7 Å². The van der Waals surface area contributed by atoms with E-state index in [2.05, 4.69) is 35.0 Å². The Balaban J connectivity index is 1.29. The molecule has 3 aromatic carbocycles. The predicted octanol–water partition coefficient (Wildman–Crippen LogP) is 3.53. The molecule has 212 valence electrons. The Labute approximate surface area is 237 Å². The third-order valence-electron chi connectivity index (χ3n) is 7.95. The van der Waals surface area contributed by atoms with Crippen molar-refractivity contribution in [3.8, 4) is 0 Å². The minimum atomic E-state index is -3.66. The van der Waals surface area contributed by atoms with E-state index < -0.39 is 16.3 Å². The molecule has 9 heteroatoms. The highest BCUT2D eigenvalue weighted by Crippen LogP contribution is 2.38. The summed E-state index contributed by atoms with van der Waals surface area (Å²) in [5.41, 5.74) is 5.13. The van der Waals surface area contributed by atoms with Crippen molar-refractivity contribution in [1.29, 1.82) is 0 Å². The van der Waals surface area contributed by atoms with Crippen LogP contribution >= 0.6 is 0 Å². The zero-order chi connectivity index (χ0) is 28.3. The monoisotopic (exact) mass is 562 g/mol. The molecular formula is C31H38N4O4S. The summed E-state index contributed by atoms with van der Waals surface area (Å²) in [5.74, 6) is -0.0394. The molecule has 0 spiro atoms. The largest absolute Gasteiger partial charge is 0.369 e. The summed E-state index contributed by atoms with van der Waals surface area (Å²) < 4.78 is 33.6. The molecule has 1 fully saturated rings. The van der Waals surface area contributed by atoms with Crippen LogP contribution in [0.4, 0.5) is 5.69 Å².